The molecule has 2 aliphatic heterocycles. The normalized spacial score (nSPS) is 43.9. The van der Waals surface area contributed by atoms with Crippen LogP contribution in [-0.4, -0.2) is 61.1 Å². The first-order chi connectivity index (χ1) is 7.69. The molecule has 0 unspecified atom stereocenters. The molecule has 17 heavy (non-hydrogen) atoms. The van der Waals surface area contributed by atoms with Crippen LogP contribution in [-0.2, 0) is 19.7 Å². The zero-order valence-corrected chi connectivity index (χ0v) is 12.7. The third kappa shape index (κ3) is 3.43. The lowest BCUT2D eigenvalue weighted by Crippen LogP contribution is -2.24. The van der Waals surface area contributed by atoms with Crippen molar-refractivity contribution in [3.8, 4) is 0 Å². The standard InChI is InChI=1S/C8H12Cl2O4S3/c9-5-1-16(11,12)3-7(5)15-8-4-17(13,14)2-6(8)10/h5-8H,1-4H2/t5-,6-,7+,8+/m0/s1. The zero-order valence-electron chi connectivity index (χ0n) is 8.75. The first-order valence-electron chi connectivity index (χ1n) is 5.03. The van der Waals surface area contributed by atoms with Gasteiger partial charge in [-0.1, -0.05) is 0 Å². The van der Waals surface area contributed by atoms with E-state index in [2.05, 4.69) is 0 Å². The van der Waals surface area contributed by atoms with Gasteiger partial charge < -0.3 is 0 Å². The van der Waals surface area contributed by atoms with Crippen LogP contribution < -0.4 is 0 Å². The van der Waals surface area contributed by atoms with E-state index in [-0.39, 0.29) is 33.5 Å². The molecule has 0 aromatic heterocycles. The Labute approximate surface area is 115 Å². The van der Waals surface area contributed by atoms with Gasteiger partial charge in [-0.3, -0.25) is 0 Å². The smallest absolute Gasteiger partial charge is 0.152 e. The Morgan fingerprint density at radius 3 is 1.35 bits per heavy atom. The minimum Gasteiger partial charge on any atom is -0.229 e. The number of halogens is 2. The molecule has 0 saturated carbocycles. The van der Waals surface area contributed by atoms with Gasteiger partial charge in [0.2, 0.25) is 0 Å². The van der Waals surface area contributed by atoms with Crippen molar-refractivity contribution >= 4 is 54.6 Å². The van der Waals surface area contributed by atoms with Gasteiger partial charge in [-0.25, -0.2) is 16.8 Å². The van der Waals surface area contributed by atoms with Gasteiger partial charge in [-0.05, 0) is 0 Å². The maximum absolute atomic E-state index is 11.4. The number of alkyl halides is 2. The van der Waals surface area contributed by atoms with Crippen LogP contribution in [0, 0.1) is 0 Å². The molecule has 2 heterocycles. The summed E-state index contributed by atoms with van der Waals surface area (Å²) >= 11 is 13.2. The van der Waals surface area contributed by atoms with Crippen molar-refractivity contribution in [3.63, 3.8) is 0 Å². The van der Waals surface area contributed by atoms with Crippen LogP contribution in [0.5, 0.6) is 0 Å². The Bertz CT molecular complexity index is 455. The first-order valence-corrected chi connectivity index (χ1v) is 10.5. The second-order valence-electron chi connectivity index (χ2n) is 4.40. The number of thioether (sulfide) groups is 1. The second kappa shape index (κ2) is 4.74. The fourth-order valence-electron chi connectivity index (χ4n) is 2.02. The van der Waals surface area contributed by atoms with E-state index < -0.39 is 30.4 Å². The molecule has 4 nitrogen and oxygen atoms in total. The van der Waals surface area contributed by atoms with Crippen molar-refractivity contribution in [3.05, 3.63) is 0 Å². The second-order valence-corrected chi connectivity index (χ2v) is 11.3. The van der Waals surface area contributed by atoms with Crippen LogP contribution in [0.1, 0.15) is 0 Å². The van der Waals surface area contributed by atoms with E-state index in [1.165, 1.54) is 11.8 Å². The Kier molecular flexibility index (Phi) is 3.97. The molecular weight excluding hydrogens is 327 g/mol. The third-order valence-corrected chi connectivity index (χ3v) is 9.98. The van der Waals surface area contributed by atoms with Crippen molar-refractivity contribution in [1.82, 2.24) is 0 Å². The molecule has 4 atom stereocenters. The van der Waals surface area contributed by atoms with Gasteiger partial charge in [0.15, 0.2) is 19.7 Å². The molecule has 0 aliphatic carbocycles. The molecular formula is C8H12Cl2O4S3. The summed E-state index contributed by atoms with van der Waals surface area (Å²) in [4.78, 5) is 0. The van der Waals surface area contributed by atoms with Crippen LogP contribution in [0.3, 0.4) is 0 Å². The van der Waals surface area contributed by atoms with Crippen LogP contribution in [0.4, 0.5) is 0 Å². The average molecular weight is 339 g/mol. The van der Waals surface area contributed by atoms with Gasteiger partial charge in [0.25, 0.3) is 0 Å². The molecule has 0 N–H and O–H groups in total. The molecule has 0 bridgehead atoms. The molecule has 0 amide bonds. The summed E-state index contributed by atoms with van der Waals surface area (Å²) in [7, 11) is -6.16. The monoisotopic (exact) mass is 338 g/mol. The van der Waals surface area contributed by atoms with E-state index in [1.807, 2.05) is 0 Å². The lowest BCUT2D eigenvalue weighted by Gasteiger charge is -2.18. The lowest BCUT2D eigenvalue weighted by molar-refractivity contribution is 0.600. The van der Waals surface area contributed by atoms with E-state index >= 15 is 0 Å². The Morgan fingerprint density at radius 2 is 1.12 bits per heavy atom. The zero-order chi connectivity index (χ0) is 12.8. The molecule has 2 aliphatic rings. The van der Waals surface area contributed by atoms with E-state index in [9.17, 15) is 16.8 Å². The molecule has 0 radical (unpaired) electrons. The minimum absolute atomic E-state index is 0.0198. The van der Waals surface area contributed by atoms with Gasteiger partial charge in [0, 0.05) is 10.5 Å². The van der Waals surface area contributed by atoms with Crippen LogP contribution in [0.2, 0.25) is 0 Å². The number of hydrogen-bond donors (Lipinski definition) is 0. The topological polar surface area (TPSA) is 68.3 Å². The molecule has 2 fully saturated rings. The number of hydrogen-bond acceptors (Lipinski definition) is 5. The Morgan fingerprint density at radius 1 is 0.765 bits per heavy atom. The van der Waals surface area contributed by atoms with Gasteiger partial charge in [-0.2, -0.15) is 0 Å². The van der Waals surface area contributed by atoms with Gasteiger partial charge in [0.1, 0.15) is 0 Å². The quantitative estimate of drug-likeness (QED) is 0.687. The van der Waals surface area contributed by atoms with E-state index in [1.54, 1.807) is 0 Å². The van der Waals surface area contributed by atoms with Gasteiger partial charge in [-0.15, -0.1) is 35.0 Å². The Hall–Kier alpha value is 0.830. The van der Waals surface area contributed by atoms with Gasteiger partial charge in [0.05, 0.1) is 33.8 Å². The molecule has 9 heteroatoms. The molecule has 100 valence electrons. The SMILES string of the molecule is O=S1(=O)C[C@H](Cl)[C@H](S[C@@H]2CS(=O)(=O)C[C@@H]2Cl)C1. The molecule has 2 saturated heterocycles. The van der Waals surface area contributed by atoms with Crippen molar-refractivity contribution in [2.45, 2.75) is 21.3 Å². The molecule has 2 rings (SSSR count). The summed E-state index contributed by atoms with van der Waals surface area (Å²) in [6.07, 6.45) is 0. The summed E-state index contributed by atoms with van der Waals surface area (Å²) in [6, 6.07) is 0. The van der Waals surface area contributed by atoms with Crippen molar-refractivity contribution in [2.24, 2.45) is 0 Å². The maximum Gasteiger partial charge on any atom is 0.152 e. The lowest BCUT2D eigenvalue weighted by atomic mass is 10.3. The van der Waals surface area contributed by atoms with Gasteiger partial charge >= 0.3 is 0 Å². The molecule has 0 aromatic carbocycles. The fraction of sp³-hybridized carbons (Fsp3) is 1.00. The highest BCUT2D eigenvalue weighted by atomic mass is 35.5. The van der Waals surface area contributed by atoms with Crippen molar-refractivity contribution < 1.29 is 16.8 Å². The van der Waals surface area contributed by atoms with Crippen molar-refractivity contribution in [2.75, 3.05) is 23.0 Å². The highest BCUT2D eigenvalue weighted by Gasteiger charge is 2.43. The highest BCUT2D eigenvalue weighted by molar-refractivity contribution is 8.04. The predicted molar refractivity (Wildman–Crippen MR) is 71.8 cm³/mol. The van der Waals surface area contributed by atoms with E-state index in [0.717, 1.165) is 0 Å². The predicted octanol–water partition coefficient (Wildman–Crippen LogP) is 0.528. The summed E-state index contributed by atoms with van der Waals surface area (Å²) in [5, 5.41) is -1.39. The van der Waals surface area contributed by atoms with E-state index in [4.69, 9.17) is 23.2 Å². The highest BCUT2D eigenvalue weighted by Crippen LogP contribution is 2.37. The van der Waals surface area contributed by atoms with Crippen LogP contribution in [0.25, 0.3) is 0 Å². The third-order valence-electron chi connectivity index (χ3n) is 2.82. The van der Waals surface area contributed by atoms with Crippen LogP contribution in [0.15, 0.2) is 0 Å². The largest absolute Gasteiger partial charge is 0.229 e. The van der Waals surface area contributed by atoms with Crippen LogP contribution >= 0.6 is 35.0 Å². The Balaban J connectivity index is 2.04. The summed E-state index contributed by atoms with van der Waals surface area (Å²) in [5.41, 5.74) is 0. The summed E-state index contributed by atoms with van der Waals surface area (Å²) in [6.45, 7) is 0. The van der Waals surface area contributed by atoms with E-state index in [0.29, 0.717) is 0 Å². The molecule has 0 aromatic rings. The first kappa shape index (κ1) is 14.2. The summed E-state index contributed by atoms with van der Waals surface area (Å²) in [5.74, 6) is -0.0186. The minimum atomic E-state index is -3.08. The maximum atomic E-state index is 11.4. The fourth-order valence-corrected chi connectivity index (χ4v) is 10.2. The molecule has 0 spiro atoms. The van der Waals surface area contributed by atoms with Crippen molar-refractivity contribution in [1.29, 1.82) is 0 Å². The number of rotatable bonds is 2. The summed E-state index contributed by atoms with van der Waals surface area (Å²) < 4.78 is 45.5. The average Bonchev–Trinajstić information content (AvgIpc) is 2.50. The number of sulfone groups is 2.